The standard InChI is InChI=1S/C26H22Cl2N2O5/c1-3-35-26(33)22-23(29-18-8-4-6-16(27)13-18)25(32)30(19-9-5-7-17(28)14-19)24(22)15-10-11-20(31)21(12-15)34-2/h4-14,24,29,31H,3H2,1-2H3. The molecule has 4 rings (SSSR count). The molecule has 0 aromatic heterocycles. The molecule has 3 aromatic rings. The molecule has 0 saturated carbocycles. The Labute approximate surface area is 212 Å². The maximum atomic E-state index is 13.9. The fraction of sp³-hybridized carbons (Fsp3) is 0.154. The van der Waals surface area contributed by atoms with Gasteiger partial charge >= 0.3 is 5.97 Å². The molecule has 0 spiro atoms. The van der Waals surface area contributed by atoms with Crippen LogP contribution in [0.1, 0.15) is 18.5 Å². The number of carbonyl (C=O) groups excluding carboxylic acids is 2. The lowest BCUT2D eigenvalue weighted by Gasteiger charge is -2.27. The first-order chi connectivity index (χ1) is 16.8. The number of anilines is 2. The molecule has 3 aromatic carbocycles. The lowest BCUT2D eigenvalue weighted by molar-refractivity contribution is -0.138. The molecule has 1 heterocycles. The molecule has 0 bridgehead atoms. The van der Waals surface area contributed by atoms with Crippen LogP contribution < -0.4 is 15.0 Å². The van der Waals surface area contributed by atoms with Gasteiger partial charge in [-0.3, -0.25) is 9.69 Å². The fourth-order valence-corrected chi connectivity index (χ4v) is 4.32. The second kappa shape index (κ2) is 10.3. The number of phenolic OH excluding ortho intramolecular Hbond substituents is 1. The topological polar surface area (TPSA) is 88.1 Å². The van der Waals surface area contributed by atoms with Crippen molar-refractivity contribution < 1.29 is 24.2 Å². The van der Waals surface area contributed by atoms with E-state index in [1.54, 1.807) is 67.6 Å². The summed E-state index contributed by atoms with van der Waals surface area (Å²) in [4.78, 5) is 28.6. The Morgan fingerprint density at radius 1 is 1.06 bits per heavy atom. The van der Waals surface area contributed by atoms with Crippen LogP contribution in [0.3, 0.4) is 0 Å². The predicted molar refractivity (Wildman–Crippen MR) is 135 cm³/mol. The first kappa shape index (κ1) is 24.4. The largest absolute Gasteiger partial charge is 0.504 e. The van der Waals surface area contributed by atoms with Crippen molar-refractivity contribution in [1.82, 2.24) is 0 Å². The van der Waals surface area contributed by atoms with E-state index in [0.29, 0.717) is 27.0 Å². The van der Waals surface area contributed by atoms with Gasteiger partial charge in [-0.15, -0.1) is 0 Å². The van der Waals surface area contributed by atoms with Gasteiger partial charge in [-0.1, -0.05) is 41.4 Å². The molecule has 180 valence electrons. The highest BCUT2D eigenvalue weighted by Crippen LogP contribution is 2.44. The van der Waals surface area contributed by atoms with E-state index >= 15 is 0 Å². The number of nitrogens with one attached hydrogen (secondary N) is 1. The molecule has 1 aliphatic rings. The van der Waals surface area contributed by atoms with Gasteiger partial charge in [-0.2, -0.15) is 0 Å². The summed E-state index contributed by atoms with van der Waals surface area (Å²) in [7, 11) is 1.42. The number of halogens is 2. The lowest BCUT2D eigenvalue weighted by Crippen LogP contribution is -2.31. The van der Waals surface area contributed by atoms with Crippen molar-refractivity contribution in [2.24, 2.45) is 0 Å². The van der Waals surface area contributed by atoms with E-state index in [0.717, 1.165) is 0 Å². The van der Waals surface area contributed by atoms with Crippen LogP contribution in [-0.2, 0) is 14.3 Å². The van der Waals surface area contributed by atoms with Crippen LogP contribution in [0.15, 0.2) is 78.0 Å². The number of rotatable bonds is 7. The van der Waals surface area contributed by atoms with Gasteiger partial charge in [-0.25, -0.2) is 4.79 Å². The van der Waals surface area contributed by atoms with Gasteiger partial charge in [0.1, 0.15) is 5.70 Å². The summed E-state index contributed by atoms with van der Waals surface area (Å²) in [5.41, 5.74) is 1.67. The average Bonchev–Trinajstić information content (AvgIpc) is 3.11. The zero-order valence-electron chi connectivity index (χ0n) is 18.9. The summed E-state index contributed by atoms with van der Waals surface area (Å²) >= 11 is 12.4. The number of esters is 1. The summed E-state index contributed by atoms with van der Waals surface area (Å²) in [5, 5.41) is 14.1. The maximum absolute atomic E-state index is 13.9. The molecule has 1 amide bonds. The van der Waals surface area contributed by atoms with Crippen LogP contribution in [0.2, 0.25) is 10.0 Å². The maximum Gasteiger partial charge on any atom is 0.338 e. The molecule has 35 heavy (non-hydrogen) atoms. The average molecular weight is 513 g/mol. The molecule has 0 saturated heterocycles. The highest BCUT2D eigenvalue weighted by molar-refractivity contribution is 6.31. The Morgan fingerprint density at radius 2 is 1.77 bits per heavy atom. The summed E-state index contributed by atoms with van der Waals surface area (Å²) in [6, 6.07) is 17.3. The quantitative estimate of drug-likeness (QED) is 0.393. The minimum atomic E-state index is -0.892. The number of ether oxygens (including phenoxy) is 2. The third-order valence-electron chi connectivity index (χ3n) is 5.43. The monoisotopic (exact) mass is 512 g/mol. The first-order valence-corrected chi connectivity index (χ1v) is 11.5. The molecule has 0 aliphatic carbocycles. The van der Waals surface area contributed by atoms with Crippen molar-refractivity contribution >= 4 is 46.5 Å². The van der Waals surface area contributed by atoms with E-state index in [1.807, 2.05) is 0 Å². The second-order valence-electron chi connectivity index (χ2n) is 7.63. The molecular weight excluding hydrogens is 491 g/mol. The van der Waals surface area contributed by atoms with Crippen LogP contribution in [0, 0.1) is 0 Å². The molecular formula is C26H22Cl2N2O5. The van der Waals surface area contributed by atoms with Gasteiger partial charge < -0.3 is 19.9 Å². The highest BCUT2D eigenvalue weighted by Gasteiger charge is 2.45. The lowest BCUT2D eigenvalue weighted by atomic mass is 9.98. The van der Waals surface area contributed by atoms with Gasteiger partial charge in [0.05, 0.1) is 25.3 Å². The van der Waals surface area contributed by atoms with Crippen molar-refractivity contribution in [1.29, 1.82) is 0 Å². The van der Waals surface area contributed by atoms with E-state index in [1.165, 1.54) is 18.1 Å². The number of methoxy groups -OCH3 is 1. The Hall–Kier alpha value is -3.68. The summed E-state index contributed by atoms with van der Waals surface area (Å²) < 4.78 is 10.6. The molecule has 0 radical (unpaired) electrons. The number of carbonyl (C=O) groups is 2. The number of hydrogen-bond acceptors (Lipinski definition) is 6. The molecule has 1 atom stereocenters. The normalized spacial score (nSPS) is 15.4. The third kappa shape index (κ3) is 4.92. The van der Waals surface area contributed by atoms with E-state index in [2.05, 4.69) is 5.32 Å². The zero-order chi connectivity index (χ0) is 25.1. The van der Waals surface area contributed by atoms with Crippen LogP contribution in [0.4, 0.5) is 11.4 Å². The van der Waals surface area contributed by atoms with Crippen molar-refractivity contribution in [3.63, 3.8) is 0 Å². The van der Waals surface area contributed by atoms with E-state index in [9.17, 15) is 14.7 Å². The summed E-state index contributed by atoms with van der Waals surface area (Å²) in [5.74, 6) is -1.01. The van der Waals surface area contributed by atoms with E-state index in [-0.39, 0.29) is 29.4 Å². The van der Waals surface area contributed by atoms with Gasteiger partial charge in [0.2, 0.25) is 0 Å². The molecule has 7 nitrogen and oxygen atoms in total. The second-order valence-corrected chi connectivity index (χ2v) is 8.51. The Bertz CT molecular complexity index is 1320. The Morgan fingerprint density at radius 3 is 2.43 bits per heavy atom. The fourth-order valence-electron chi connectivity index (χ4n) is 3.94. The van der Waals surface area contributed by atoms with Gasteiger partial charge in [0.25, 0.3) is 5.91 Å². The molecule has 1 unspecified atom stereocenters. The minimum Gasteiger partial charge on any atom is -0.504 e. The zero-order valence-corrected chi connectivity index (χ0v) is 20.4. The van der Waals surface area contributed by atoms with Gasteiger partial charge in [0.15, 0.2) is 11.5 Å². The number of amides is 1. The Balaban J connectivity index is 1.94. The van der Waals surface area contributed by atoms with Crippen LogP contribution in [0.5, 0.6) is 11.5 Å². The van der Waals surface area contributed by atoms with E-state index < -0.39 is 17.9 Å². The molecule has 1 aliphatic heterocycles. The molecule has 0 fully saturated rings. The number of hydrogen-bond donors (Lipinski definition) is 2. The number of phenols is 1. The smallest absolute Gasteiger partial charge is 0.338 e. The highest BCUT2D eigenvalue weighted by atomic mass is 35.5. The molecule has 9 heteroatoms. The summed E-state index contributed by atoms with van der Waals surface area (Å²) in [6.45, 7) is 1.80. The first-order valence-electron chi connectivity index (χ1n) is 10.7. The number of aromatic hydroxyl groups is 1. The number of nitrogens with zero attached hydrogens (tertiary/aromatic N) is 1. The van der Waals surface area contributed by atoms with Crippen molar-refractivity contribution in [2.45, 2.75) is 13.0 Å². The van der Waals surface area contributed by atoms with Crippen molar-refractivity contribution in [3.8, 4) is 11.5 Å². The van der Waals surface area contributed by atoms with Crippen molar-refractivity contribution in [2.75, 3.05) is 23.9 Å². The van der Waals surface area contributed by atoms with Crippen LogP contribution in [0.25, 0.3) is 0 Å². The number of benzene rings is 3. The van der Waals surface area contributed by atoms with Gasteiger partial charge in [-0.05, 0) is 61.0 Å². The third-order valence-corrected chi connectivity index (χ3v) is 5.90. The Kier molecular flexibility index (Phi) is 7.19. The van der Waals surface area contributed by atoms with Crippen LogP contribution in [-0.4, -0.2) is 30.7 Å². The minimum absolute atomic E-state index is 0.0442. The molecule has 2 N–H and O–H groups in total. The van der Waals surface area contributed by atoms with Crippen LogP contribution >= 0.6 is 23.2 Å². The van der Waals surface area contributed by atoms with Gasteiger partial charge in [0, 0.05) is 21.4 Å². The summed E-state index contributed by atoms with van der Waals surface area (Å²) in [6.07, 6.45) is 0. The predicted octanol–water partition coefficient (Wildman–Crippen LogP) is 5.72. The van der Waals surface area contributed by atoms with Crippen molar-refractivity contribution in [3.05, 3.63) is 93.6 Å². The SMILES string of the molecule is CCOC(=O)C1=C(Nc2cccc(Cl)c2)C(=O)N(c2cccc(Cl)c2)C1c1ccc(O)c(OC)c1. The van der Waals surface area contributed by atoms with E-state index in [4.69, 9.17) is 32.7 Å².